The summed E-state index contributed by atoms with van der Waals surface area (Å²) in [5, 5.41) is 14.2. The molecule has 0 radical (unpaired) electrons. The molecule has 1 aliphatic heterocycles. The molecule has 0 spiro atoms. The van der Waals surface area contributed by atoms with E-state index in [0.29, 0.717) is 18.3 Å². The minimum absolute atomic E-state index is 0.154. The summed E-state index contributed by atoms with van der Waals surface area (Å²) in [5.41, 5.74) is 0.803. The fourth-order valence-corrected chi connectivity index (χ4v) is 2.92. The van der Waals surface area contributed by atoms with Gasteiger partial charge in [0.25, 0.3) is 0 Å². The van der Waals surface area contributed by atoms with E-state index in [0.717, 1.165) is 5.69 Å². The standard InChI is InChI=1S/C12H17N3O4S/c1-7(16)13-12-14-8(6-20-12)3-15(2)10-5-19-4-9(10)11(17)18/h6,9-10H,3-5H2,1-2H3,(H,17,18)(H,13,14,16). The van der Waals surface area contributed by atoms with E-state index in [-0.39, 0.29) is 18.6 Å². The molecule has 1 saturated heterocycles. The highest BCUT2D eigenvalue weighted by atomic mass is 32.1. The van der Waals surface area contributed by atoms with E-state index in [9.17, 15) is 9.59 Å². The summed E-state index contributed by atoms with van der Waals surface area (Å²) in [6.45, 7) is 2.61. The van der Waals surface area contributed by atoms with Crippen molar-refractivity contribution < 1.29 is 19.4 Å². The molecular weight excluding hydrogens is 282 g/mol. The second-order valence-corrected chi connectivity index (χ2v) is 5.65. The number of nitrogens with zero attached hydrogens (tertiary/aromatic N) is 2. The number of ether oxygens (including phenoxy) is 1. The van der Waals surface area contributed by atoms with Crippen molar-refractivity contribution in [3.05, 3.63) is 11.1 Å². The molecule has 1 aromatic heterocycles. The third-order valence-electron chi connectivity index (χ3n) is 3.18. The molecule has 110 valence electrons. The number of anilines is 1. The summed E-state index contributed by atoms with van der Waals surface area (Å²) in [4.78, 5) is 28.3. The van der Waals surface area contributed by atoms with Gasteiger partial charge in [-0.05, 0) is 7.05 Å². The number of carboxylic acids is 1. The number of carbonyl (C=O) groups excluding carboxylic acids is 1. The number of amides is 1. The molecule has 1 aliphatic rings. The van der Waals surface area contributed by atoms with Crippen molar-refractivity contribution in [3.63, 3.8) is 0 Å². The van der Waals surface area contributed by atoms with Crippen molar-refractivity contribution >= 4 is 28.3 Å². The van der Waals surface area contributed by atoms with Gasteiger partial charge in [-0.15, -0.1) is 11.3 Å². The molecule has 2 atom stereocenters. The average Bonchev–Trinajstić information content (AvgIpc) is 2.96. The van der Waals surface area contributed by atoms with E-state index >= 15 is 0 Å². The Bertz CT molecular complexity index is 505. The van der Waals surface area contributed by atoms with Crippen LogP contribution in [0.5, 0.6) is 0 Å². The van der Waals surface area contributed by atoms with Crippen molar-refractivity contribution in [2.24, 2.45) is 5.92 Å². The maximum absolute atomic E-state index is 11.1. The number of hydrogen-bond donors (Lipinski definition) is 2. The van der Waals surface area contributed by atoms with Crippen LogP contribution in [0.25, 0.3) is 0 Å². The number of carboxylic acid groups (broad SMARTS) is 1. The summed E-state index contributed by atoms with van der Waals surface area (Å²) in [6.07, 6.45) is 0. The third-order valence-corrected chi connectivity index (χ3v) is 3.99. The fraction of sp³-hybridized carbons (Fsp3) is 0.583. The lowest BCUT2D eigenvalue weighted by Gasteiger charge is -2.25. The van der Waals surface area contributed by atoms with Gasteiger partial charge in [0.2, 0.25) is 5.91 Å². The minimum Gasteiger partial charge on any atom is -0.481 e. The number of aliphatic carboxylic acids is 1. The number of rotatable bonds is 5. The number of likely N-dealkylation sites (N-methyl/N-ethyl adjacent to an activating group) is 1. The molecule has 1 fully saturated rings. The van der Waals surface area contributed by atoms with Gasteiger partial charge in [-0.25, -0.2) is 4.98 Å². The second-order valence-electron chi connectivity index (χ2n) is 4.79. The molecule has 2 N–H and O–H groups in total. The second kappa shape index (κ2) is 6.29. The maximum atomic E-state index is 11.1. The van der Waals surface area contributed by atoms with Gasteiger partial charge < -0.3 is 15.2 Å². The molecule has 1 aromatic rings. The lowest BCUT2D eigenvalue weighted by Crippen LogP contribution is -2.40. The lowest BCUT2D eigenvalue weighted by molar-refractivity contribution is -0.143. The Kier molecular flexibility index (Phi) is 4.69. The van der Waals surface area contributed by atoms with Crippen molar-refractivity contribution in [1.29, 1.82) is 0 Å². The molecule has 2 rings (SSSR count). The molecule has 0 saturated carbocycles. The highest BCUT2D eigenvalue weighted by Gasteiger charge is 2.36. The first kappa shape index (κ1) is 14.9. The Labute approximate surface area is 120 Å². The monoisotopic (exact) mass is 299 g/mol. The van der Waals surface area contributed by atoms with Crippen LogP contribution < -0.4 is 5.32 Å². The summed E-state index contributed by atoms with van der Waals surface area (Å²) in [7, 11) is 1.85. The van der Waals surface area contributed by atoms with Gasteiger partial charge in [-0.3, -0.25) is 14.5 Å². The first-order chi connectivity index (χ1) is 9.47. The van der Waals surface area contributed by atoms with Gasteiger partial charge in [0.05, 0.1) is 24.8 Å². The smallest absolute Gasteiger partial charge is 0.310 e. The van der Waals surface area contributed by atoms with Gasteiger partial charge >= 0.3 is 5.97 Å². The van der Waals surface area contributed by atoms with E-state index in [4.69, 9.17) is 9.84 Å². The van der Waals surface area contributed by atoms with Crippen LogP contribution >= 0.6 is 11.3 Å². The molecule has 0 aliphatic carbocycles. The quantitative estimate of drug-likeness (QED) is 0.828. The van der Waals surface area contributed by atoms with E-state index in [1.54, 1.807) is 0 Å². The van der Waals surface area contributed by atoms with Crippen molar-refractivity contribution in [1.82, 2.24) is 9.88 Å². The van der Waals surface area contributed by atoms with Crippen LogP contribution in [-0.2, 0) is 20.9 Å². The zero-order chi connectivity index (χ0) is 14.7. The van der Waals surface area contributed by atoms with Gasteiger partial charge in [-0.2, -0.15) is 0 Å². The fourth-order valence-electron chi connectivity index (χ4n) is 2.17. The number of nitrogens with one attached hydrogen (secondary N) is 1. The first-order valence-corrected chi connectivity index (χ1v) is 7.08. The predicted molar refractivity (Wildman–Crippen MR) is 73.6 cm³/mol. The van der Waals surface area contributed by atoms with Crippen molar-refractivity contribution in [3.8, 4) is 0 Å². The van der Waals surface area contributed by atoms with E-state index in [1.165, 1.54) is 18.3 Å². The predicted octanol–water partition coefficient (Wildman–Crippen LogP) is 0.633. The highest BCUT2D eigenvalue weighted by Crippen LogP contribution is 2.22. The van der Waals surface area contributed by atoms with Crippen LogP contribution in [0.15, 0.2) is 5.38 Å². The minimum atomic E-state index is -0.837. The SMILES string of the molecule is CC(=O)Nc1nc(CN(C)C2COCC2C(=O)O)cs1. The Morgan fingerprint density at radius 2 is 2.35 bits per heavy atom. The van der Waals surface area contributed by atoms with Gasteiger partial charge in [0, 0.05) is 24.9 Å². The molecule has 2 unspecified atom stereocenters. The summed E-state index contributed by atoms with van der Waals surface area (Å²) < 4.78 is 5.25. The van der Waals surface area contributed by atoms with Crippen LogP contribution in [0.3, 0.4) is 0 Å². The highest BCUT2D eigenvalue weighted by molar-refractivity contribution is 7.13. The van der Waals surface area contributed by atoms with Crippen molar-refractivity contribution in [2.75, 3.05) is 25.6 Å². The zero-order valence-electron chi connectivity index (χ0n) is 11.3. The molecule has 8 heteroatoms. The van der Waals surface area contributed by atoms with E-state index in [2.05, 4.69) is 10.3 Å². The maximum Gasteiger partial charge on any atom is 0.310 e. The van der Waals surface area contributed by atoms with Gasteiger partial charge in [0.15, 0.2) is 5.13 Å². The van der Waals surface area contributed by atoms with Crippen LogP contribution in [0.4, 0.5) is 5.13 Å². The Balaban J connectivity index is 1.97. The van der Waals surface area contributed by atoms with Crippen LogP contribution in [0, 0.1) is 5.92 Å². The number of thiazole rings is 1. The molecule has 7 nitrogen and oxygen atoms in total. The molecular formula is C12H17N3O4S. The number of aromatic nitrogens is 1. The topological polar surface area (TPSA) is 91.8 Å². The van der Waals surface area contributed by atoms with E-state index < -0.39 is 11.9 Å². The van der Waals surface area contributed by atoms with Gasteiger partial charge in [-0.1, -0.05) is 0 Å². The Morgan fingerprint density at radius 1 is 1.60 bits per heavy atom. The van der Waals surface area contributed by atoms with Crippen LogP contribution in [0.2, 0.25) is 0 Å². The summed E-state index contributed by atoms with van der Waals surface area (Å²) in [5.74, 6) is -1.50. The normalized spacial score (nSPS) is 22.1. The largest absolute Gasteiger partial charge is 0.481 e. The molecule has 0 aromatic carbocycles. The summed E-state index contributed by atoms with van der Waals surface area (Å²) in [6, 6.07) is -0.154. The van der Waals surface area contributed by atoms with Crippen LogP contribution in [-0.4, -0.2) is 53.2 Å². The summed E-state index contributed by atoms with van der Waals surface area (Å²) >= 11 is 1.35. The van der Waals surface area contributed by atoms with Crippen molar-refractivity contribution in [2.45, 2.75) is 19.5 Å². The molecule has 0 bridgehead atoms. The average molecular weight is 299 g/mol. The molecule has 1 amide bonds. The first-order valence-electron chi connectivity index (χ1n) is 6.20. The molecule has 2 heterocycles. The van der Waals surface area contributed by atoms with E-state index in [1.807, 2.05) is 17.3 Å². The zero-order valence-corrected chi connectivity index (χ0v) is 12.1. The third kappa shape index (κ3) is 3.53. The lowest BCUT2D eigenvalue weighted by atomic mass is 10.0. The number of hydrogen-bond acceptors (Lipinski definition) is 6. The Morgan fingerprint density at radius 3 is 3.00 bits per heavy atom. The van der Waals surface area contributed by atoms with Gasteiger partial charge in [0.1, 0.15) is 0 Å². The molecule has 20 heavy (non-hydrogen) atoms. The van der Waals surface area contributed by atoms with Crippen LogP contribution in [0.1, 0.15) is 12.6 Å². The number of carbonyl (C=O) groups is 2. The Hall–Kier alpha value is -1.51.